The van der Waals surface area contributed by atoms with Crippen LogP contribution in [0.15, 0.2) is 78.9 Å². The smallest absolute Gasteiger partial charge is 0.119 e. The summed E-state index contributed by atoms with van der Waals surface area (Å²) in [6, 6.07) is 28.0. The van der Waals surface area contributed by atoms with Crippen LogP contribution in [0.1, 0.15) is 48.1 Å². The van der Waals surface area contributed by atoms with E-state index in [2.05, 4.69) is 103 Å². The number of hydrogen-bond acceptors (Lipinski definition) is 4. The molecule has 196 valence electrons. The number of benzene rings is 3. The summed E-state index contributed by atoms with van der Waals surface area (Å²) >= 11 is 0. The molecule has 0 saturated carbocycles. The van der Waals surface area contributed by atoms with Crippen LogP contribution in [0.5, 0.6) is 5.75 Å². The normalized spacial score (nSPS) is 15.3. The van der Waals surface area contributed by atoms with Gasteiger partial charge in [-0.1, -0.05) is 80.6 Å². The molecule has 6 heteroatoms. The number of aryl methyl sites for hydroxylation is 1. The molecule has 0 bridgehead atoms. The molecular weight excluding hydrogens is 491 g/mol. The molecule has 1 atom stereocenters. The number of hydrogen-bond donors (Lipinski definition) is 1. The summed E-state index contributed by atoms with van der Waals surface area (Å²) in [6.07, 6.45) is -0.504. The standard InChI is InChI=1S/C30H38N2O2.2ClH/c1-23(2)29-15-14-28(20-24(29)3)34-22-27(33)21-31-16-18-32(19-17-31)30(25-10-6-4-7-11-25)26-12-8-5-9-13-26;;/h4-15,20,23,27,30,33H,16-19,21-22H2,1-3H3;2*1H/p-2. The number of aliphatic hydroxyl groups excluding tert-OH is 1. The van der Waals surface area contributed by atoms with Gasteiger partial charge in [0.1, 0.15) is 18.5 Å². The molecule has 1 heterocycles. The van der Waals surface area contributed by atoms with E-state index in [1.807, 2.05) is 6.07 Å². The van der Waals surface area contributed by atoms with E-state index in [9.17, 15) is 5.11 Å². The van der Waals surface area contributed by atoms with E-state index in [1.54, 1.807) is 0 Å². The first-order valence-electron chi connectivity index (χ1n) is 12.5. The highest BCUT2D eigenvalue weighted by molar-refractivity contribution is 5.36. The summed E-state index contributed by atoms with van der Waals surface area (Å²) in [5, 5.41) is 10.6. The second-order valence-corrected chi connectivity index (χ2v) is 9.70. The van der Waals surface area contributed by atoms with Crippen molar-refractivity contribution in [2.75, 3.05) is 39.3 Å². The van der Waals surface area contributed by atoms with Crippen LogP contribution in [-0.4, -0.2) is 60.3 Å². The van der Waals surface area contributed by atoms with Gasteiger partial charge in [-0.25, -0.2) is 0 Å². The Morgan fingerprint density at radius 3 is 1.86 bits per heavy atom. The monoisotopic (exact) mass is 528 g/mol. The summed E-state index contributed by atoms with van der Waals surface area (Å²) in [5.41, 5.74) is 5.24. The van der Waals surface area contributed by atoms with Gasteiger partial charge in [-0.3, -0.25) is 9.80 Å². The fraction of sp³-hybridized carbons (Fsp3) is 0.400. The van der Waals surface area contributed by atoms with Gasteiger partial charge in [0.25, 0.3) is 0 Å². The zero-order valence-corrected chi connectivity index (χ0v) is 23.0. The lowest BCUT2D eigenvalue weighted by atomic mass is 9.96. The fourth-order valence-corrected chi connectivity index (χ4v) is 5.02. The van der Waals surface area contributed by atoms with Gasteiger partial charge >= 0.3 is 0 Å². The lowest BCUT2D eigenvalue weighted by Crippen LogP contribution is -3.00. The van der Waals surface area contributed by atoms with Crippen molar-refractivity contribution in [1.29, 1.82) is 0 Å². The maximum Gasteiger partial charge on any atom is 0.119 e. The van der Waals surface area contributed by atoms with E-state index in [4.69, 9.17) is 4.74 Å². The summed E-state index contributed by atoms with van der Waals surface area (Å²) in [7, 11) is 0. The molecule has 36 heavy (non-hydrogen) atoms. The van der Waals surface area contributed by atoms with E-state index < -0.39 is 6.10 Å². The number of β-amino-alcohol motifs (C(OH)–C–C–N with tert-alkyl or cyclic N) is 1. The minimum Gasteiger partial charge on any atom is -1.00 e. The molecule has 1 aliphatic rings. The molecule has 0 aromatic heterocycles. The quantitative estimate of drug-likeness (QED) is 0.397. The first-order valence-corrected chi connectivity index (χ1v) is 12.5. The third-order valence-electron chi connectivity index (χ3n) is 6.78. The van der Waals surface area contributed by atoms with Gasteiger partial charge in [-0.2, -0.15) is 0 Å². The van der Waals surface area contributed by atoms with E-state index >= 15 is 0 Å². The molecule has 3 aromatic carbocycles. The van der Waals surface area contributed by atoms with E-state index in [-0.39, 0.29) is 30.9 Å². The number of nitrogens with zero attached hydrogens (tertiary/aromatic N) is 2. The highest BCUT2D eigenvalue weighted by Gasteiger charge is 2.27. The van der Waals surface area contributed by atoms with Gasteiger partial charge in [0.2, 0.25) is 0 Å². The first kappa shape index (κ1) is 30.1. The third-order valence-corrected chi connectivity index (χ3v) is 6.78. The van der Waals surface area contributed by atoms with E-state index in [1.165, 1.54) is 22.3 Å². The molecule has 3 aromatic rings. The lowest BCUT2D eigenvalue weighted by molar-refractivity contribution is -0.001000. The molecule has 1 fully saturated rings. The van der Waals surface area contributed by atoms with Crippen LogP contribution in [0.3, 0.4) is 0 Å². The second kappa shape index (κ2) is 14.6. The summed E-state index contributed by atoms with van der Waals surface area (Å²) in [6.45, 7) is 11.3. The Hall–Kier alpha value is -2.08. The maximum absolute atomic E-state index is 10.6. The molecule has 4 rings (SSSR count). The predicted molar refractivity (Wildman–Crippen MR) is 140 cm³/mol. The van der Waals surface area contributed by atoms with Gasteiger partial charge in [0.15, 0.2) is 0 Å². The minimum absolute atomic E-state index is 0. The van der Waals surface area contributed by atoms with Crippen LogP contribution in [-0.2, 0) is 0 Å². The molecule has 1 N–H and O–H groups in total. The predicted octanol–water partition coefficient (Wildman–Crippen LogP) is -0.727. The summed E-state index contributed by atoms with van der Waals surface area (Å²) in [5.74, 6) is 1.33. The van der Waals surface area contributed by atoms with Gasteiger partial charge in [0.05, 0.1) is 6.04 Å². The van der Waals surface area contributed by atoms with Gasteiger partial charge in [-0.05, 0) is 47.2 Å². The van der Waals surface area contributed by atoms with Crippen molar-refractivity contribution < 1.29 is 34.7 Å². The van der Waals surface area contributed by atoms with Crippen molar-refractivity contribution >= 4 is 0 Å². The van der Waals surface area contributed by atoms with Crippen molar-refractivity contribution in [3.8, 4) is 5.75 Å². The number of piperazine rings is 1. The fourth-order valence-electron chi connectivity index (χ4n) is 5.02. The van der Waals surface area contributed by atoms with Crippen molar-refractivity contribution in [1.82, 2.24) is 9.80 Å². The van der Waals surface area contributed by atoms with Crippen LogP contribution in [0.25, 0.3) is 0 Å². The van der Waals surface area contributed by atoms with Crippen LogP contribution in [0, 0.1) is 6.92 Å². The van der Waals surface area contributed by atoms with Crippen LogP contribution in [0.2, 0.25) is 0 Å². The van der Waals surface area contributed by atoms with Gasteiger partial charge in [0, 0.05) is 32.7 Å². The molecule has 0 amide bonds. The Morgan fingerprint density at radius 1 is 0.806 bits per heavy atom. The van der Waals surface area contributed by atoms with E-state index in [0.29, 0.717) is 19.1 Å². The van der Waals surface area contributed by atoms with Crippen molar-refractivity contribution in [3.05, 3.63) is 101 Å². The number of halogens is 2. The zero-order valence-electron chi connectivity index (χ0n) is 21.5. The lowest BCUT2D eigenvalue weighted by Gasteiger charge is -2.40. The minimum atomic E-state index is -0.504. The highest BCUT2D eigenvalue weighted by atomic mass is 35.5. The number of aliphatic hydroxyl groups is 1. The van der Waals surface area contributed by atoms with Gasteiger partial charge < -0.3 is 34.7 Å². The zero-order chi connectivity index (χ0) is 23.9. The number of ether oxygens (including phenoxy) is 1. The van der Waals surface area contributed by atoms with Crippen LogP contribution in [0.4, 0.5) is 0 Å². The Balaban J connectivity index is 0.00000228. The molecule has 1 saturated heterocycles. The third kappa shape index (κ3) is 7.96. The van der Waals surface area contributed by atoms with Crippen LogP contribution < -0.4 is 29.6 Å². The summed E-state index contributed by atoms with van der Waals surface area (Å²) in [4.78, 5) is 4.91. The van der Waals surface area contributed by atoms with Crippen molar-refractivity contribution in [2.24, 2.45) is 0 Å². The molecule has 0 spiro atoms. The molecule has 0 aliphatic carbocycles. The molecular formula is C30H38Cl2N2O2-2. The molecule has 1 aliphatic heterocycles. The molecule has 1 unspecified atom stereocenters. The first-order chi connectivity index (χ1) is 16.5. The number of rotatable bonds is 9. The topological polar surface area (TPSA) is 35.9 Å². The van der Waals surface area contributed by atoms with Crippen molar-refractivity contribution in [2.45, 2.75) is 38.8 Å². The van der Waals surface area contributed by atoms with Crippen LogP contribution >= 0.6 is 0 Å². The Kier molecular flexibility index (Phi) is 12.2. The maximum atomic E-state index is 10.6. The SMILES string of the molecule is Cc1cc(OCC(O)CN2CCN(C(c3ccccc3)c3ccccc3)CC2)ccc1C(C)C.[Cl-].[Cl-]. The Bertz CT molecular complexity index is 986. The van der Waals surface area contributed by atoms with Crippen molar-refractivity contribution in [3.63, 3.8) is 0 Å². The summed E-state index contributed by atoms with van der Waals surface area (Å²) < 4.78 is 5.91. The largest absolute Gasteiger partial charge is 1.00 e. The van der Waals surface area contributed by atoms with E-state index in [0.717, 1.165) is 31.9 Å². The second-order valence-electron chi connectivity index (χ2n) is 9.70. The Morgan fingerprint density at radius 2 is 1.36 bits per heavy atom. The highest BCUT2D eigenvalue weighted by Crippen LogP contribution is 2.29. The average Bonchev–Trinajstić information content (AvgIpc) is 2.85. The molecule has 0 radical (unpaired) electrons. The molecule has 4 nitrogen and oxygen atoms in total. The Labute approximate surface area is 229 Å². The average molecular weight is 530 g/mol. The van der Waals surface area contributed by atoms with Gasteiger partial charge in [-0.15, -0.1) is 0 Å².